The molecule has 1 nitrogen and oxygen atoms in total. The summed E-state index contributed by atoms with van der Waals surface area (Å²) in [5, 5.41) is 3.77. The zero-order valence-corrected chi connectivity index (χ0v) is 13.0. The molecule has 0 bridgehead atoms. The maximum absolute atomic E-state index is 3.77. The van der Waals surface area contributed by atoms with Crippen LogP contribution in [0.5, 0.6) is 0 Å². The minimum Gasteiger partial charge on any atom is -0.314 e. The predicted octanol–water partition coefficient (Wildman–Crippen LogP) is 5.15. The molecule has 1 aliphatic carbocycles. The third-order valence-corrected chi connectivity index (χ3v) is 4.46. The van der Waals surface area contributed by atoms with Gasteiger partial charge in [0.05, 0.1) is 0 Å². The van der Waals surface area contributed by atoms with Gasteiger partial charge in [0.2, 0.25) is 0 Å². The number of hydrogen-bond acceptors (Lipinski definition) is 1. The summed E-state index contributed by atoms with van der Waals surface area (Å²) in [6.07, 6.45) is 14.2. The average Bonchev–Trinajstić information content (AvgIpc) is 3.09. The molecule has 3 atom stereocenters. The average molecular weight is 253 g/mol. The molecule has 0 aromatic heterocycles. The van der Waals surface area contributed by atoms with Crippen molar-refractivity contribution in [2.75, 3.05) is 6.54 Å². The zero-order valence-electron chi connectivity index (χ0n) is 13.0. The van der Waals surface area contributed by atoms with Crippen LogP contribution in [0.2, 0.25) is 0 Å². The van der Waals surface area contributed by atoms with E-state index in [0.29, 0.717) is 0 Å². The molecule has 0 spiro atoms. The van der Waals surface area contributed by atoms with Gasteiger partial charge in [-0.3, -0.25) is 0 Å². The van der Waals surface area contributed by atoms with Crippen molar-refractivity contribution in [2.24, 2.45) is 11.8 Å². The molecule has 0 saturated heterocycles. The molecule has 3 unspecified atom stereocenters. The summed E-state index contributed by atoms with van der Waals surface area (Å²) in [6, 6.07) is 0.829. The molecule has 0 radical (unpaired) electrons. The fourth-order valence-electron chi connectivity index (χ4n) is 3.03. The van der Waals surface area contributed by atoms with E-state index in [-0.39, 0.29) is 0 Å². The second kappa shape index (κ2) is 9.83. The van der Waals surface area contributed by atoms with Crippen molar-refractivity contribution in [2.45, 2.75) is 91.0 Å². The van der Waals surface area contributed by atoms with Crippen molar-refractivity contribution >= 4 is 0 Å². The molecule has 1 N–H and O–H groups in total. The lowest BCUT2D eigenvalue weighted by Gasteiger charge is -2.18. The quantitative estimate of drug-likeness (QED) is 0.474. The Morgan fingerprint density at radius 1 is 0.944 bits per heavy atom. The minimum atomic E-state index is 0.829. The number of hydrogen-bond donors (Lipinski definition) is 1. The molecule has 1 aliphatic rings. The van der Waals surface area contributed by atoms with E-state index in [1.54, 1.807) is 0 Å². The molecule has 1 heteroatoms. The lowest BCUT2D eigenvalue weighted by atomic mass is 10.0. The van der Waals surface area contributed by atoms with Crippen LogP contribution in [-0.4, -0.2) is 12.6 Å². The molecule has 0 aromatic carbocycles. The van der Waals surface area contributed by atoms with Gasteiger partial charge < -0.3 is 5.32 Å². The maximum atomic E-state index is 3.77. The summed E-state index contributed by atoms with van der Waals surface area (Å²) in [7, 11) is 0. The van der Waals surface area contributed by atoms with Crippen LogP contribution in [0.15, 0.2) is 0 Å². The Labute approximate surface area is 115 Å². The molecule has 108 valence electrons. The molecule has 0 amide bonds. The molecule has 1 rings (SSSR count). The van der Waals surface area contributed by atoms with Crippen molar-refractivity contribution in [1.82, 2.24) is 5.32 Å². The van der Waals surface area contributed by atoms with E-state index < -0.39 is 0 Å². The van der Waals surface area contributed by atoms with Crippen molar-refractivity contribution in [1.29, 1.82) is 0 Å². The largest absolute Gasteiger partial charge is 0.314 e. The van der Waals surface area contributed by atoms with E-state index in [0.717, 1.165) is 17.9 Å². The van der Waals surface area contributed by atoms with Crippen LogP contribution < -0.4 is 5.32 Å². The van der Waals surface area contributed by atoms with Crippen molar-refractivity contribution in [3.63, 3.8) is 0 Å². The van der Waals surface area contributed by atoms with Gasteiger partial charge in [-0.2, -0.15) is 0 Å². The molecule has 0 aromatic rings. The van der Waals surface area contributed by atoms with Crippen LogP contribution in [-0.2, 0) is 0 Å². The fraction of sp³-hybridized carbons (Fsp3) is 1.00. The predicted molar refractivity (Wildman–Crippen MR) is 82.0 cm³/mol. The number of rotatable bonds is 12. The molecule has 1 fully saturated rings. The zero-order chi connectivity index (χ0) is 13.2. The van der Waals surface area contributed by atoms with Gasteiger partial charge in [-0.05, 0) is 37.6 Å². The van der Waals surface area contributed by atoms with Crippen LogP contribution >= 0.6 is 0 Å². The first-order valence-corrected chi connectivity index (χ1v) is 8.53. The molecule has 18 heavy (non-hydrogen) atoms. The fourth-order valence-corrected chi connectivity index (χ4v) is 3.03. The van der Waals surface area contributed by atoms with Gasteiger partial charge in [0, 0.05) is 6.04 Å². The lowest BCUT2D eigenvalue weighted by molar-refractivity contribution is 0.402. The monoisotopic (exact) mass is 253 g/mol. The topological polar surface area (TPSA) is 12.0 Å². The summed E-state index contributed by atoms with van der Waals surface area (Å²) in [5.41, 5.74) is 0. The molecular weight excluding hydrogens is 218 g/mol. The van der Waals surface area contributed by atoms with Gasteiger partial charge >= 0.3 is 0 Å². The Balaban J connectivity index is 1.99. The highest BCUT2D eigenvalue weighted by atomic mass is 14.9. The molecular formula is C17H35N. The third-order valence-electron chi connectivity index (χ3n) is 4.46. The summed E-state index contributed by atoms with van der Waals surface area (Å²) in [5.74, 6) is 1.99. The smallest absolute Gasteiger partial charge is 0.00979 e. The first-order chi connectivity index (χ1) is 8.79. The number of unbranched alkanes of at least 4 members (excludes halogenated alkanes) is 6. The standard InChI is InChI=1S/C17H35N/c1-4-6-7-8-9-10-11-12-17(18-13-5-2)16-14-15(16)3/h15-18H,4-14H2,1-3H3. The van der Waals surface area contributed by atoms with E-state index >= 15 is 0 Å². The first kappa shape index (κ1) is 16.0. The second-order valence-electron chi connectivity index (χ2n) is 6.35. The summed E-state index contributed by atoms with van der Waals surface area (Å²) in [6.45, 7) is 8.19. The Morgan fingerprint density at radius 3 is 2.11 bits per heavy atom. The van der Waals surface area contributed by atoms with E-state index in [9.17, 15) is 0 Å². The van der Waals surface area contributed by atoms with Gasteiger partial charge in [0.25, 0.3) is 0 Å². The van der Waals surface area contributed by atoms with Crippen LogP contribution in [0.3, 0.4) is 0 Å². The van der Waals surface area contributed by atoms with Crippen molar-refractivity contribution in [3.8, 4) is 0 Å². The van der Waals surface area contributed by atoms with Crippen molar-refractivity contribution < 1.29 is 0 Å². The van der Waals surface area contributed by atoms with E-state index in [1.807, 2.05) is 0 Å². The van der Waals surface area contributed by atoms with Crippen LogP contribution in [0.4, 0.5) is 0 Å². The van der Waals surface area contributed by atoms with E-state index in [2.05, 4.69) is 26.1 Å². The minimum absolute atomic E-state index is 0.829. The Morgan fingerprint density at radius 2 is 1.56 bits per heavy atom. The van der Waals surface area contributed by atoms with E-state index in [1.165, 1.54) is 70.8 Å². The maximum Gasteiger partial charge on any atom is 0.00979 e. The van der Waals surface area contributed by atoms with Gasteiger partial charge in [0.15, 0.2) is 0 Å². The van der Waals surface area contributed by atoms with Gasteiger partial charge in [-0.15, -0.1) is 0 Å². The Hall–Kier alpha value is -0.0400. The third kappa shape index (κ3) is 6.78. The molecule has 0 aliphatic heterocycles. The van der Waals surface area contributed by atoms with Gasteiger partial charge in [-0.1, -0.05) is 65.7 Å². The first-order valence-electron chi connectivity index (χ1n) is 8.53. The normalized spacial score (nSPS) is 24.2. The number of nitrogens with one attached hydrogen (secondary N) is 1. The molecule has 0 heterocycles. The summed E-state index contributed by atoms with van der Waals surface area (Å²) < 4.78 is 0. The van der Waals surface area contributed by atoms with Crippen LogP contribution in [0.25, 0.3) is 0 Å². The second-order valence-corrected chi connectivity index (χ2v) is 6.35. The highest BCUT2D eigenvalue weighted by Gasteiger charge is 2.38. The Bertz CT molecular complexity index is 190. The van der Waals surface area contributed by atoms with E-state index in [4.69, 9.17) is 0 Å². The SMILES string of the molecule is CCCCCCCCCC(NCCC)C1CC1C. The van der Waals surface area contributed by atoms with Gasteiger partial charge in [-0.25, -0.2) is 0 Å². The van der Waals surface area contributed by atoms with Crippen molar-refractivity contribution in [3.05, 3.63) is 0 Å². The molecule has 1 saturated carbocycles. The highest BCUT2D eigenvalue weighted by Crippen LogP contribution is 2.42. The lowest BCUT2D eigenvalue weighted by Crippen LogP contribution is -2.32. The summed E-state index contributed by atoms with van der Waals surface area (Å²) in [4.78, 5) is 0. The van der Waals surface area contributed by atoms with Crippen LogP contribution in [0.1, 0.15) is 85.0 Å². The Kier molecular flexibility index (Phi) is 8.75. The highest BCUT2D eigenvalue weighted by molar-refractivity contribution is 4.92. The summed E-state index contributed by atoms with van der Waals surface area (Å²) >= 11 is 0. The van der Waals surface area contributed by atoms with Crippen LogP contribution in [0, 0.1) is 11.8 Å². The van der Waals surface area contributed by atoms with Gasteiger partial charge in [0.1, 0.15) is 0 Å².